The number of carbonyl (C=O) groups is 1. The molecule has 0 aliphatic carbocycles. The first kappa shape index (κ1) is 30.9. The van der Waals surface area contributed by atoms with Gasteiger partial charge in [0.05, 0.1) is 5.69 Å². The Labute approximate surface area is 232 Å². The van der Waals surface area contributed by atoms with Crippen molar-refractivity contribution < 1.29 is 23.1 Å². The molecule has 40 heavy (non-hydrogen) atoms. The van der Waals surface area contributed by atoms with E-state index in [4.69, 9.17) is 9.90 Å². The van der Waals surface area contributed by atoms with Crippen molar-refractivity contribution in [2.75, 3.05) is 31.1 Å². The van der Waals surface area contributed by atoms with Crippen LogP contribution in [0.4, 0.5) is 19.0 Å². The van der Waals surface area contributed by atoms with E-state index in [0.29, 0.717) is 12.0 Å². The first-order valence-electron chi connectivity index (χ1n) is 13.4. The van der Waals surface area contributed by atoms with Crippen LogP contribution in [0.25, 0.3) is 5.69 Å². The number of nitrogens with zero attached hydrogens (tertiary/aromatic N) is 4. The summed E-state index contributed by atoms with van der Waals surface area (Å²) >= 11 is 0. The van der Waals surface area contributed by atoms with Crippen LogP contribution in [-0.4, -0.2) is 63.9 Å². The minimum absolute atomic E-state index is 0.204. The lowest BCUT2D eigenvalue weighted by Gasteiger charge is -2.43. The van der Waals surface area contributed by atoms with Gasteiger partial charge in [-0.3, -0.25) is 9.47 Å². The molecule has 4 rings (SSSR count). The lowest BCUT2D eigenvalue weighted by Crippen LogP contribution is -2.54. The van der Waals surface area contributed by atoms with Crippen molar-refractivity contribution in [3.8, 4) is 5.69 Å². The molecule has 2 aromatic carbocycles. The molecule has 1 unspecified atom stereocenters. The first-order chi connectivity index (χ1) is 19.0. The van der Waals surface area contributed by atoms with Gasteiger partial charge < -0.3 is 10.0 Å². The van der Waals surface area contributed by atoms with Crippen LogP contribution in [0, 0.1) is 12.8 Å². The van der Waals surface area contributed by atoms with Crippen LogP contribution < -0.4 is 10.6 Å². The summed E-state index contributed by atoms with van der Waals surface area (Å²) in [4.78, 5) is 31.4. The van der Waals surface area contributed by atoms with Crippen molar-refractivity contribution >= 4 is 11.8 Å². The summed E-state index contributed by atoms with van der Waals surface area (Å²) in [5, 5.41) is 7.12. The van der Waals surface area contributed by atoms with Crippen LogP contribution in [0.5, 0.6) is 0 Å². The Balaban J connectivity index is 0.000000559. The second kappa shape index (κ2) is 14.1. The van der Waals surface area contributed by atoms with E-state index in [1.165, 1.54) is 12.0 Å². The molecule has 216 valence electrons. The Morgan fingerprint density at radius 2 is 1.65 bits per heavy atom. The molecule has 0 saturated carbocycles. The first-order valence-corrected chi connectivity index (χ1v) is 13.4. The van der Waals surface area contributed by atoms with Gasteiger partial charge in [-0.05, 0) is 56.3 Å². The fourth-order valence-electron chi connectivity index (χ4n) is 4.94. The van der Waals surface area contributed by atoms with Crippen LogP contribution in [-0.2, 0) is 11.2 Å². The summed E-state index contributed by atoms with van der Waals surface area (Å²) in [7, 11) is 0. The van der Waals surface area contributed by atoms with Gasteiger partial charge in [0.25, 0.3) is 0 Å². The minimum Gasteiger partial charge on any atom is -0.475 e. The quantitative estimate of drug-likeness (QED) is 0.402. The van der Waals surface area contributed by atoms with Gasteiger partial charge >= 0.3 is 17.8 Å². The summed E-state index contributed by atoms with van der Waals surface area (Å²) in [5.74, 6) is -1.35. The number of alkyl halides is 3. The standard InChI is InChI=1S/C28H36N4O.C2HF3O2/c1-22(2)19-26-21-30(16-10-13-24-11-6-4-7-12-24)17-18-31(26)27-20-23(3)32(28(33)29-27)25-14-8-5-9-15-25;3-2(4,5)1(6)7/h4-9,11-12,14-15,20,22,26H,10,13,16-19,21H2,1-3H3;(H,6,7). The molecule has 1 atom stereocenters. The third-order valence-electron chi connectivity index (χ3n) is 6.74. The summed E-state index contributed by atoms with van der Waals surface area (Å²) in [6, 6.07) is 22.9. The van der Waals surface area contributed by atoms with Crippen molar-refractivity contribution in [3.05, 3.63) is 88.5 Å². The molecule has 0 radical (unpaired) electrons. The number of aryl methyl sites for hydroxylation is 2. The molecule has 7 nitrogen and oxygen atoms in total. The fourth-order valence-corrected chi connectivity index (χ4v) is 4.94. The summed E-state index contributed by atoms with van der Waals surface area (Å²) in [5.41, 5.74) is 2.99. The number of anilines is 1. The van der Waals surface area contributed by atoms with E-state index in [1.54, 1.807) is 4.57 Å². The fraction of sp³-hybridized carbons (Fsp3) is 0.433. The lowest BCUT2D eigenvalue weighted by atomic mass is 9.99. The van der Waals surface area contributed by atoms with E-state index >= 15 is 0 Å². The minimum atomic E-state index is -5.08. The molecule has 1 N–H and O–H groups in total. The van der Waals surface area contributed by atoms with Crippen LogP contribution in [0.1, 0.15) is 37.9 Å². The largest absolute Gasteiger partial charge is 0.490 e. The number of carboxylic acids is 1. The number of para-hydroxylation sites is 1. The molecule has 1 aromatic heterocycles. The summed E-state index contributed by atoms with van der Waals surface area (Å²) in [6.45, 7) is 10.6. The lowest BCUT2D eigenvalue weighted by molar-refractivity contribution is -0.192. The number of halogens is 3. The summed E-state index contributed by atoms with van der Waals surface area (Å²) < 4.78 is 33.4. The number of hydrogen-bond acceptors (Lipinski definition) is 5. The van der Waals surface area contributed by atoms with Crippen molar-refractivity contribution in [3.63, 3.8) is 0 Å². The highest BCUT2D eigenvalue weighted by atomic mass is 19.4. The number of aromatic nitrogens is 2. The van der Waals surface area contributed by atoms with Crippen molar-refractivity contribution in [1.82, 2.24) is 14.5 Å². The van der Waals surface area contributed by atoms with Gasteiger partial charge in [-0.15, -0.1) is 0 Å². The smallest absolute Gasteiger partial charge is 0.475 e. The van der Waals surface area contributed by atoms with Crippen molar-refractivity contribution in [2.24, 2.45) is 5.92 Å². The molecule has 1 aliphatic heterocycles. The van der Waals surface area contributed by atoms with Crippen LogP contribution >= 0.6 is 0 Å². The van der Waals surface area contributed by atoms with Crippen LogP contribution in [0.3, 0.4) is 0 Å². The maximum absolute atomic E-state index is 13.0. The van der Waals surface area contributed by atoms with Gasteiger partial charge in [0.2, 0.25) is 0 Å². The van der Waals surface area contributed by atoms with Gasteiger partial charge in [-0.1, -0.05) is 62.4 Å². The van der Waals surface area contributed by atoms with E-state index < -0.39 is 12.1 Å². The maximum atomic E-state index is 13.0. The zero-order chi connectivity index (χ0) is 29.3. The van der Waals surface area contributed by atoms with Crippen molar-refractivity contribution in [2.45, 2.75) is 52.3 Å². The molecule has 3 aromatic rings. The van der Waals surface area contributed by atoms with E-state index in [2.05, 4.69) is 65.0 Å². The molecule has 0 bridgehead atoms. The molecule has 1 fully saturated rings. The van der Waals surface area contributed by atoms with Gasteiger partial charge in [0, 0.05) is 37.4 Å². The Bertz CT molecular complexity index is 1280. The molecule has 10 heteroatoms. The highest BCUT2D eigenvalue weighted by Crippen LogP contribution is 2.24. The third-order valence-corrected chi connectivity index (χ3v) is 6.74. The number of benzene rings is 2. The number of carboxylic acid groups (broad SMARTS) is 1. The van der Waals surface area contributed by atoms with Crippen LogP contribution in [0.2, 0.25) is 0 Å². The Morgan fingerprint density at radius 1 is 1.05 bits per heavy atom. The predicted octanol–water partition coefficient (Wildman–Crippen LogP) is 5.34. The van der Waals surface area contributed by atoms with E-state index in [1.807, 2.05) is 37.3 Å². The molecular formula is C30H37F3N4O3. The zero-order valence-corrected chi connectivity index (χ0v) is 23.1. The van der Waals surface area contributed by atoms with Gasteiger partial charge in [-0.25, -0.2) is 9.59 Å². The Kier molecular flexibility index (Phi) is 10.9. The molecular weight excluding hydrogens is 521 g/mol. The number of piperazine rings is 1. The molecule has 0 amide bonds. The average molecular weight is 559 g/mol. The number of hydrogen-bond donors (Lipinski definition) is 1. The maximum Gasteiger partial charge on any atom is 0.490 e. The topological polar surface area (TPSA) is 78.7 Å². The van der Waals surface area contributed by atoms with Crippen molar-refractivity contribution in [1.29, 1.82) is 0 Å². The molecule has 0 spiro atoms. The Hall–Kier alpha value is -3.66. The molecule has 1 aliphatic rings. The van der Waals surface area contributed by atoms with Crippen LogP contribution in [0.15, 0.2) is 71.5 Å². The van der Waals surface area contributed by atoms with Gasteiger partial charge in [0.1, 0.15) is 5.82 Å². The number of rotatable bonds is 8. The SMILES string of the molecule is Cc1cc(N2CCN(CCCc3ccccc3)CC2CC(C)C)nc(=O)n1-c1ccccc1.O=C(O)C(F)(F)F. The molecule has 2 heterocycles. The van der Waals surface area contributed by atoms with Gasteiger partial charge in [-0.2, -0.15) is 18.2 Å². The summed E-state index contributed by atoms with van der Waals surface area (Å²) in [6.07, 6.45) is -1.70. The average Bonchev–Trinajstić information content (AvgIpc) is 2.89. The van der Waals surface area contributed by atoms with E-state index in [0.717, 1.165) is 56.2 Å². The van der Waals surface area contributed by atoms with Gasteiger partial charge in [0.15, 0.2) is 0 Å². The number of aliphatic carboxylic acids is 1. The Morgan fingerprint density at radius 3 is 2.20 bits per heavy atom. The second-order valence-electron chi connectivity index (χ2n) is 10.4. The highest BCUT2D eigenvalue weighted by molar-refractivity contribution is 5.73. The monoisotopic (exact) mass is 558 g/mol. The zero-order valence-electron chi connectivity index (χ0n) is 23.1. The predicted molar refractivity (Wildman–Crippen MR) is 150 cm³/mol. The van der Waals surface area contributed by atoms with E-state index in [-0.39, 0.29) is 5.69 Å². The van der Waals surface area contributed by atoms with E-state index in [9.17, 15) is 18.0 Å². The molecule has 1 saturated heterocycles. The normalized spacial score (nSPS) is 16.0. The highest BCUT2D eigenvalue weighted by Gasteiger charge is 2.38. The second-order valence-corrected chi connectivity index (χ2v) is 10.4. The third kappa shape index (κ3) is 8.94.